The Morgan fingerprint density at radius 3 is 2.62 bits per heavy atom. The van der Waals surface area contributed by atoms with Crippen LogP contribution in [0.25, 0.3) is 0 Å². The zero-order valence-corrected chi connectivity index (χ0v) is 12.5. The summed E-state index contributed by atoms with van der Waals surface area (Å²) in [6.45, 7) is 4.79. The van der Waals surface area contributed by atoms with Crippen molar-refractivity contribution in [2.75, 3.05) is 20.1 Å². The third-order valence-electron chi connectivity index (χ3n) is 4.08. The lowest BCUT2D eigenvalue weighted by atomic mass is 10.0. The van der Waals surface area contributed by atoms with Gasteiger partial charge < -0.3 is 15.3 Å². The lowest BCUT2D eigenvalue weighted by molar-refractivity contribution is -0.147. The van der Waals surface area contributed by atoms with Crippen LogP contribution in [0, 0.1) is 0 Å². The fourth-order valence-electron chi connectivity index (χ4n) is 2.19. The zero-order chi connectivity index (χ0) is 15.6. The lowest BCUT2D eigenvalue weighted by Gasteiger charge is -2.30. The molecule has 2 heterocycles. The Labute approximate surface area is 123 Å². The number of hydrogen-bond donors (Lipinski definition) is 2. The number of carboxylic acids is 1. The molecule has 1 fully saturated rings. The maximum absolute atomic E-state index is 12.3. The molecule has 0 aliphatic carbocycles. The first-order chi connectivity index (χ1) is 9.84. The van der Waals surface area contributed by atoms with Crippen molar-refractivity contribution in [2.45, 2.75) is 38.3 Å². The third-order valence-corrected chi connectivity index (χ3v) is 4.08. The van der Waals surface area contributed by atoms with Gasteiger partial charge in [0.15, 0.2) is 5.69 Å². The van der Waals surface area contributed by atoms with Crippen molar-refractivity contribution in [3.8, 4) is 0 Å². The molecule has 0 spiro atoms. The van der Waals surface area contributed by atoms with Crippen LogP contribution in [0.1, 0.15) is 43.2 Å². The Balaban J connectivity index is 2.13. The summed E-state index contributed by atoms with van der Waals surface area (Å²) in [5, 5.41) is 20.3. The van der Waals surface area contributed by atoms with Crippen molar-refractivity contribution in [3.05, 3.63) is 11.9 Å². The fraction of sp³-hybridized carbons (Fsp3) is 0.692. The number of carboxylic acid groups (broad SMARTS) is 1. The highest BCUT2D eigenvalue weighted by atomic mass is 16.4. The Morgan fingerprint density at radius 2 is 2.05 bits per heavy atom. The summed E-state index contributed by atoms with van der Waals surface area (Å²) in [5.41, 5.74) is -1.12. The molecule has 21 heavy (non-hydrogen) atoms. The van der Waals surface area contributed by atoms with Crippen LogP contribution in [0.3, 0.4) is 0 Å². The second-order valence-corrected chi connectivity index (χ2v) is 5.79. The molecule has 0 saturated carbocycles. The molecule has 0 atom stereocenters. The minimum Gasteiger partial charge on any atom is -0.480 e. The van der Waals surface area contributed by atoms with Gasteiger partial charge >= 0.3 is 5.97 Å². The Morgan fingerprint density at radius 1 is 1.43 bits per heavy atom. The van der Waals surface area contributed by atoms with E-state index in [1.165, 1.54) is 25.8 Å². The molecule has 116 valence electrons. The van der Waals surface area contributed by atoms with Crippen LogP contribution in [-0.2, 0) is 4.79 Å². The molecular weight excluding hydrogens is 274 g/mol. The van der Waals surface area contributed by atoms with E-state index < -0.39 is 17.4 Å². The standard InChI is InChI=1S/C13H21N5O3/c1-13(2,12(20)21)17(3)11(19)10-8-18(16-15-10)9-4-6-14-7-5-9/h8-9,14H,4-7H2,1-3H3,(H,20,21). The average Bonchev–Trinajstić information content (AvgIpc) is 2.96. The molecule has 1 aliphatic rings. The largest absolute Gasteiger partial charge is 0.480 e. The van der Waals surface area contributed by atoms with Crippen molar-refractivity contribution in [1.29, 1.82) is 0 Å². The van der Waals surface area contributed by atoms with Crippen LogP contribution < -0.4 is 5.32 Å². The number of aliphatic carboxylic acids is 1. The molecule has 0 bridgehead atoms. The number of rotatable bonds is 4. The molecule has 1 amide bonds. The highest BCUT2D eigenvalue weighted by Crippen LogP contribution is 2.19. The molecule has 1 aliphatic heterocycles. The number of amides is 1. The smallest absolute Gasteiger partial charge is 0.329 e. The maximum Gasteiger partial charge on any atom is 0.329 e. The van der Waals surface area contributed by atoms with Crippen molar-refractivity contribution < 1.29 is 14.7 Å². The van der Waals surface area contributed by atoms with E-state index in [2.05, 4.69) is 15.6 Å². The topological polar surface area (TPSA) is 100 Å². The van der Waals surface area contributed by atoms with Gasteiger partial charge in [-0.2, -0.15) is 0 Å². The van der Waals surface area contributed by atoms with E-state index in [9.17, 15) is 14.7 Å². The number of carbonyl (C=O) groups is 2. The molecule has 1 saturated heterocycles. The monoisotopic (exact) mass is 295 g/mol. The summed E-state index contributed by atoms with van der Waals surface area (Å²) >= 11 is 0. The molecule has 8 nitrogen and oxygen atoms in total. The molecule has 1 aromatic rings. The maximum atomic E-state index is 12.3. The second-order valence-electron chi connectivity index (χ2n) is 5.79. The Hall–Kier alpha value is -1.96. The van der Waals surface area contributed by atoms with Gasteiger partial charge in [0.05, 0.1) is 12.2 Å². The summed E-state index contributed by atoms with van der Waals surface area (Å²) in [4.78, 5) is 24.7. The summed E-state index contributed by atoms with van der Waals surface area (Å²) in [7, 11) is 1.46. The quantitative estimate of drug-likeness (QED) is 0.819. The Bertz CT molecular complexity index is 534. The van der Waals surface area contributed by atoms with Gasteiger partial charge in [-0.1, -0.05) is 5.21 Å². The van der Waals surface area contributed by atoms with Crippen LogP contribution in [-0.4, -0.2) is 62.6 Å². The minimum atomic E-state index is -1.30. The SMILES string of the molecule is CN(C(=O)c1cn(C2CCNCC2)nn1)C(C)(C)C(=O)O. The van der Waals surface area contributed by atoms with Gasteiger partial charge in [0.2, 0.25) is 0 Å². The summed E-state index contributed by atoms with van der Waals surface area (Å²) < 4.78 is 1.70. The zero-order valence-electron chi connectivity index (χ0n) is 12.5. The second kappa shape index (κ2) is 5.80. The van der Waals surface area contributed by atoms with E-state index in [0.29, 0.717) is 0 Å². The average molecular weight is 295 g/mol. The fourth-order valence-corrected chi connectivity index (χ4v) is 2.19. The number of aromatic nitrogens is 3. The van der Waals surface area contributed by atoms with Crippen LogP contribution in [0.2, 0.25) is 0 Å². The van der Waals surface area contributed by atoms with E-state index >= 15 is 0 Å². The van der Waals surface area contributed by atoms with E-state index in [0.717, 1.165) is 25.9 Å². The first-order valence-corrected chi connectivity index (χ1v) is 6.98. The highest BCUT2D eigenvalue weighted by molar-refractivity contribution is 5.95. The van der Waals surface area contributed by atoms with Gasteiger partial charge in [0, 0.05) is 7.05 Å². The van der Waals surface area contributed by atoms with Crippen LogP contribution in [0.5, 0.6) is 0 Å². The molecule has 0 radical (unpaired) electrons. The molecule has 1 aromatic heterocycles. The van der Waals surface area contributed by atoms with Gasteiger partial charge in [-0.05, 0) is 39.8 Å². The molecule has 0 unspecified atom stereocenters. The van der Waals surface area contributed by atoms with Gasteiger partial charge in [0.25, 0.3) is 5.91 Å². The number of piperidine rings is 1. The first kappa shape index (κ1) is 15.4. The molecule has 0 aromatic carbocycles. The highest BCUT2D eigenvalue weighted by Gasteiger charge is 2.36. The van der Waals surface area contributed by atoms with Gasteiger partial charge in [-0.15, -0.1) is 5.10 Å². The van der Waals surface area contributed by atoms with Crippen molar-refractivity contribution in [1.82, 2.24) is 25.2 Å². The number of hydrogen-bond acceptors (Lipinski definition) is 5. The molecular formula is C13H21N5O3. The number of likely N-dealkylation sites (N-methyl/N-ethyl adjacent to an activating group) is 1. The summed E-state index contributed by atoms with van der Waals surface area (Å²) in [5.74, 6) is -1.51. The summed E-state index contributed by atoms with van der Waals surface area (Å²) in [6.07, 6.45) is 3.48. The first-order valence-electron chi connectivity index (χ1n) is 6.98. The van der Waals surface area contributed by atoms with E-state index in [-0.39, 0.29) is 11.7 Å². The molecule has 2 N–H and O–H groups in total. The minimum absolute atomic E-state index is 0.172. The Kier molecular flexibility index (Phi) is 4.26. The van der Waals surface area contributed by atoms with Crippen LogP contribution in [0.4, 0.5) is 0 Å². The number of nitrogens with one attached hydrogen (secondary N) is 1. The number of nitrogens with zero attached hydrogens (tertiary/aromatic N) is 4. The van der Waals surface area contributed by atoms with Crippen molar-refractivity contribution in [2.24, 2.45) is 0 Å². The third kappa shape index (κ3) is 3.05. The van der Waals surface area contributed by atoms with Crippen molar-refractivity contribution in [3.63, 3.8) is 0 Å². The lowest BCUT2D eigenvalue weighted by Crippen LogP contribution is -2.50. The van der Waals surface area contributed by atoms with Gasteiger partial charge in [0.1, 0.15) is 5.54 Å². The molecule has 8 heteroatoms. The normalized spacial score (nSPS) is 16.7. The van der Waals surface area contributed by atoms with Crippen molar-refractivity contribution >= 4 is 11.9 Å². The van der Waals surface area contributed by atoms with Crippen LogP contribution >= 0.6 is 0 Å². The van der Waals surface area contributed by atoms with E-state index in [1.54, 1.807) is 10.9 Å². The van der Waals surface area contributed by atoms with Crippen LogP contribution in [0.15, 0.2) is 6.20 Å². The molecule has 2 rings (SSSR count). The van der Waals surface area contributed by atoms with E-state index in [4.69, 9.17) is 0 Å². The predicted molar refractivity (Wildman–Crippen MR) is 75.0 cm³/mol. The predicted octanol–water partition coefficient (Wildman–Crippen LogP) is 0.138. The summed E-state index contributed by atoms with van der Waals surface area (Å²) in [6, 6.07) is 0.234. The van der Waals surface area contributed by atoms with E-state index in [1.807, 2.05) is 0 Å². The van der Waals surface area contributed by atoms with Gasteiger partial charge in [-0.3, -0.25) is 4.79 Å². The van der Waals surface area contributed by atoms with Gasteiger partial charge in [-0.25, -0.2) is 9.48 Å². The number of carbonyl (C=O) groups excluding carboxylic acids is 1.